The molecular formula is C14H14BrN3O. The van der Waals surface area contributed by atoms with E-state index in [4.69, 9.17) is 5.11 Å². The number of nitrogens with zero attached hydrogens (tertiary/aromatic N) is 2. The zero-order chi connectivity index (χ0) is 13.4. The van der Waals surface area contributed by atoms with Gasteiger partial charge >= 0.3 is 0 Å². The molecule has 0 spiro atoms. The lowest BCUT2D eigenvalue weighted by molar-refractivity contribution is 0.296. The zero-order valence-corrected chi connectivity index (χ0v) is 12.1. The van der Waals surface area contributed by atoms with Gasteiger partial charge in [0.2, 0.25) is 0 Å². The van der Waals surface area contributed by atoms with Crippen molar-refractivity contribution in [2.45, 2.75) is 6.42 Å². The van der Waals surface area contributed by atoms with Crippen molar-refractivity contribution in [3.63, 3.8) is 0 Å². The van der Waals surface area contributed by atoms with Crippen molar-refractivity contribution < 1.29 is 5.11 Å². The van der Waals surface area contributed by atoms with Gasteiger partial charge in [-0.15, -0.1) is 0 Å². The highest BCUT2D eigenvalue weighted by molar-refractivity contribution is 9.10. The molecule has 1 aromatic carbocycles. The summed E-state index contributed by atoms with van der Waals surface area (Å²) in [4.78, 5) is 7.83. The molecule has 5 heteroatoms. The summed E-state index contributed by atoms with van der Waals surface area (Å²) in [5.41, 5.74) is 3.17. The third-order valence-electron chi connectivity index (χ3n) is 3.34. The first kappa shape index (κ1) is 12.4. The number of H-pyrrole nitrogens is 1. The predicted octanol–water partition coefficient (Wildman–Crippen LogP) is 2.87. The van der Waals surface area contributed by atoms with Crippen LogP contribution in [0.15, 0.2) is 35.1 Å². The van der Waals surface area contributed by atoms with Crippen LogP contribution in [0.25, 0.3) is 22.3 Å². The summed E-state index contributed by atoms with van der Waals surface area (Å²) in [6.45, 7) is 0.117. The third kappa shape index (κ3) is 1.99. The van der Waals surface area contributed by atoms with Crippen LogP contribution in [0.1, 0.15) is 5.69 Å². The molecule has 0 bridgehead atoms. The zero-order valence-electron chi connectivity index (χ0n) is 10.5. The summed E-state index contributed by atoms with van der Waals surface area (Å²) in [5.74, 6) is 0.896. The molecule has 0 aliphatic heterocycles. The van der Waals surface area contributed by atoms with E-state index in [0.29, 0.717) is 6.42 Å². The fourth-order valence-electron chi connectivity index (χ4n) is 2.37. The van der Waals surface area contributed by atoms with Crippen molar-refractivity contribution >= 4 is 26.8 Å². The summed E-state index contributed by atoms with van der Waals surface area (Å²) in [7, 11) is 1.97. The average Bonchev–Trinajstić information content (AvgIpc) is 2.95. The lowest BCUT2D eigenvalue weighted by Crippen LogP contribution is -2.01. The summed E-state index contributed by atoms with van der Waals surface area (Å²) in [6.07, 6.45) is 2.56. The molecule has 2 N–H and O–H groups in total. The van der Waals surface area contributed by atoms with Gasteiger partial charge in [0.1, 0.15) is 10.4 Å². The minimum absolute atomic E-state index is 0.117. The Balaban J connectivity index is 2.19. The molecule has 0 aliphatic rings. The van der Waals surface area contributed by atoms with E-state index in [1.54, 1.807) is 0 Å². The van der Waals surface area contributed by atoms with Crippen LogP contribution >= 0.6 is 15.9 Å². The third-order valence-corrected chi connectivity index (χ3v) is 3.98. The molecule has 3 rings (SSSR count). The molecule has 0 fully saturated rings. The van der Waals surface area contributed by atoms with E-state index in [0.717, 1.165) is 32.6 Å². The van der Waals surface area contributed by atoms with Gasteiger partial charge in [0, 0.05) is 42.7 Å². The maximum Gasteiger partial charge on any atom is 0.143 e. The number of rotatable bonds is 3. The molecule has 0 aliphatic carbocycles. The molecule has 2 heterocycles. The van der Waals surface area contributed by atoms with E-state index < -0.39 is 0 Å². The summed E-state index contributed by atoms with van der Waals surface area (Å²) in [5, 5.41) is 10.3. The standard InChI is InChI=1S/C14H14BrN3O/c1-18-12(6-7-19)13(15)17-14(18)10-8-16-11-5-3-2-4-9(10)11/h2-5,8,16,19H,6-7H2,1H3. The molecule has 98 valence electrons. The van der Waals surface area contributed by atoms with Gasteiger partial charge in [-0.25, -0.2) is 4.98 Å². The van der Waals surface area contributed by atoms with E-state index >= 15 is 0 Å². The van der Waals surface area contributed by atoms with Crippen molar-refractivity contribution in [3.8, 4) is 11.4 Å². The molecule has 0 saturated carbocycles. The van der Waals surface area contributed by atoms with E-state index in [2.05, 4.69) is 32.0 Å². The number of imidazole rings is 1. The predicted molar refractivity (Wildman–Crippen MR) is 79.0 cm³/mol. The Labute approximate surface area is 119 Å². The Morgan fingerprint density at radius 3 is 2.95 bits per heavy atom. The monoisotopic (exact) mass is 319 g/mol. The van der Waals surface area contributed by atoms with E-state index in [-0.39, 0.29) is 6.61 Å². The SMILES string of the molecule is Cn1c(-c2c[nH]c3ccccc23)nc(Br)c1CCO. The van der Waals surface area contributed by atoms with Crippen molar-refractivity contribution in [2.75, 3.05) is 6.61 Å². The first-order valence-electron chi connectivity index (χ1n) is 6.11. The second kappa shape index (κ2) is 4.83. The van der Waals surface area contributed by atoms with E-state index in [1.165, 1.54) is 0 Å². The highest BCUT2D eigenvalue weighted by atomic mass is 79.9. The fraction of sp³-hybridized carbons (Fsp3) is 0.214. The smallest absolute Gasteiger partial charge is 0.143 e. The summed E-state index contributed by atoms with van der Waals surface area (Å²) < 4.78 is 2.82. The Bertz CT molecular complexity index is 729. The average molecular weight is 320 g/mol. The molecule has 4 nitrogen and oxygen atoms in total. The fourth-order valence-corrected chi connectivity index (χ4v) is 3.01. The number of nitrogens with one attached hydrogen (secondary N) is 1. The Hall–Kier alpha value is -1.59. The number of aliphatic hydroxyl groups is 1. The first-order valence-corrected chi connectivity index (χ1v) is 6.90. The van der Waals surface area contributed by atoms with Crippen molar-refractivity contribution in [3.05, 3.63) is 40.8 Å². The van der Waals surface area contributed by atoms with Gasteiger partial charge in [0.25, 0.3) is 0 Å². The number of aromatic nitrogens is 3. The van der Waals surface area contributed by atoms with Crippen LogP contribution < -0.4 is 0 Å². The number of para-hydroxylation sites is 1. The van der Waals surface area contributed by atoms with Gasteiger partial charge in [-0.05, 0) is 22.0 Å². The Morgan fingerprint density at radius 1 is 1.37 bits per heavy atom. The number of aliphatic hydroxyl groups excluding tert-OH is 1. The lowest BCUT2D eigenvalue weighted by atomic mass is 10.1. The highest BCUT2D eigenvalue weighted by Gasteiger charge is 2.16. The second-order valence-corrected chi connectivity index (χ2v) is 5.20. The molecule has 0 unspecified atom stereocenters. The van der Waals surface area contributed by atoms with Gasteiger partial charge in [-0.3, -0.25) is 0 Å². The Kier molecular flexibility index (Phi) is 3.16. The van der Waals surface area contributed by atoms with Gasteiger partial charge in [0.15, 0.2) is 0 Å². The molecule has 0 atom stereocenters. The molecule has 0 saturated heterocycles. The lowest BCUT2D eigenvalue weighted by Gasteiger charge is -2.04. The minimum atomic E-state index is 0.117. The number of hydrogen-bond donors (Lipinski definition) is 2. The molecular weight excluding hydrogens is 306 g/mol. The van der Waals surface area contributed by atoms with Gasteiger partial charge in [0.05, 0.1) is 5.69 Å². The van der Waals surface area contributed by atoms with E-state index in [1.807, 2.05) is 36.0 Å². The number of halogens is 1. The number of hydrogen-bond acceptors (Lipinski definition) is 2. The van der Waals surface area contributed by atoms with Gasteiger partial charge in [-0.2, -0.15) is 0 Å². The maximum absolute atomic E-state index is 9.11. The van der Waals surface area contributed by atoms with Gasteiger partial charge in [-0.1, -0.05) is 18.2 Å². The largest absolute Gasteiger partial charge is 0.396 e. The van der Waals surface area contributed by atoms with Crippen LogP contribution in [-0.4, -0.2) is 26.2 Å². The van der Waals surface area contributed by atoms with Crippen LogP contribution in [0.3, 0.4) is 0 Å². The number of fused-ring (bicyclic) bond motifs is 1. The molecule has 3 aromatic rings. The minimum Gasteiger partial charge on any atom is -0.396 e. The van der Waals surface area contributed by atoms with Gasteiger partial charge < -0.3 is 14.7 Å². The molecule has 2 aromatic heterocycles. The quantitative estimate of drug-likeness (QED) is 0.780. The topological polar surface area (TPSA) is 53.8 Å². The number of benzene rings is 1. The second-order valence-electron chi connectivity index (χ2n) is 4.45. The molecule has 19 heavy (non-hydrogen) atoms. The number of aromatic amines is 1. The summed E-state index contributed by atoms with van der Waals surface area (Å²) >= 11 is 3.47. The van der Waals surface area contributed by atoms with Crippen LogP contribution in [0.5, 0.6) is 0 Å². The van der Waals surface area contributed by atoms with E-state index in [9.17, 15) is 0 Å². The molecule has 0 radical (unpaired) electrons. The Morgan fingerprint density at radius 2 is 2.16 bits per heavy atom. The van der Waals surface area contributed by atoms with Crippen molar-refractivity contribution in [2.24, 2.45) is 7.05 Å². The first-order chi connectivity index (χ1) is 9.22. The van der Waals surface area contributed by atoms with Crippen molar-refractivity contribution in [1.29, 1.82) is 0 Å². The normalized spacial score (nSPS) is 11.3. The summed E-state index contributed by atoms with van der Waals surface area (Å²) in [6, 6.07) is 8.15. The maximum atomic E-state index is 9.11. The van der Waals surface area contributed by atoms with Crippen LogP contribution in [-0.2, 0) is 13.5 Å². The van der Waals surface area contributed by atoms with Crippen molar-refractivity contribution in [1.82, 2.24) is 14.5 Å². The molecule has 0 amide bonds. The van der Waals surface area contributed by atoms with Crippen LogP contribution in [0.2, 0.25) is 0 Å². The van der Waals surface area contributed by atoms with Crippen LogP contribution in [0, 0.1) is 0 Å². The highest BCUT2D eigenvalue weighted by Crippen LogP contribution is 2.30. The van der Waals surface area contributed by atoms with Crippen LogP contribution in [0.4, 0.5) is 0 Å².